The summed E-state index contributed by atoms with van der Waals surface area (Å²) in [7, 11) is 0. The van der Waals surface area contributed by atoms with Crippen LogP contribution in [0.1, 0.15) is 25.7 Å². The quantitative estimate of drug-likeness (QED) is 0.816. The van der Waals surface area contributed by atoms with Crippen LogP contribution in [0.2, 0.25) is 0 Å². The molecule has 0 amide bonds. The molecule has 0 unspecified atom stereocenters. The van der Waals surface area contributed by atoms with Crippen LogP contribution in [0, 0.1) is 0 Å². The molecule has 15 heavy (non-hydrogen) atoms. The normalized spacial score (nSPS) is 16.9. The summed E-state index contributed by atoms with van der Waals surface area (Å²) in [6.45, 7) is 1.72. The van der Waals surface area contributed by atoms with E-state index in [1.54, 1.807) is 0 Å². The molecule has 1 fully saturated rings. The molecule has 2 rings (SSSR count). The number of anilines is 1. The highest BCUT2D eigenvalue weighted by molar-refractivity contribution is 5.47. The monoisotopic (exact) mass is 204 g/mol. The number of hydrogen-bond donors (Lipinski definition) is 1. The molecule has 0 aromatic heterocycles. The second-order valence-electron chi connectivity index (χ2n) is 4.26. The Morgan fingerprint density at radius 1 is 1.13 bits per heavy atom. The molecule has 1 aliphatic carbocycles. The Bertz CT molecular complexity index is 278. The van der Waals surface area contributed by atoms with Crippen molar-refractivity contribution in [1.29, 1.82) is 0 Å². The van der Waals surface area contributed by atoms with Gasteiger partial charge < -0.3 is 10.6 Å². The van der Waals surface area contributed by atoms with E-state index in [0.717, 1.165) is 19.1 Å². The van der Waals surface area contributed by atoms with Crippen molar-refractivity contribution in [2.75, 3.05) is 18.0 Å². The summed E-state index contributed by atoms with van der Waals surface area (Å²) in [6, 6.07) is 11.4. The zero-order chi connectivity index (χ0) is 10.5. The minimum Gasteiger partial charge on any atom is -0.367 e. The van der Waals surface area contributed by atoms with Gasteiger partial charge in [-0.05, 0) is 25.0 Å². The van der Waals surface area contributed by atoms with Crippen molar-refractivity contribution in [3.63, 3.8) is 0 Å². The Hall–Kier alpha value is -1.02. The van der Waals surface area contributed by atoms with Crippen LogP contribution < -0.4 is 10.6 Å². The zero-order valence-electron chi connectivity index (χ0n) is 9.23. The molecule has 1 aromatic rings. The van der Waals surface area contributed by atoms with E-state index in [4.69, 9.17) is 5.73 Å². The SMILES string of the molecule is NCCN(c1ccccc1)C1CCCC1. The van der Waals surface area contributed by atoms with Crippen molar-refractivity contribution in [1.82, 2.24) is 0 Å². The van der Waals surface area contributed by atoms with Crippen LogP contribution in [0.3, 0.4) is 0 Å². The van der Waals surface area contributed by atoms with Gasteiger partial charge in [-0.25, -0.2) is 0 Å². The van der Waals surface area contributed by atoms with Gasteiger partial charge in [0, 0.05) is 24.8 Å². The van der Waals surface area contributed by atoms with Gasteiger partial charge in [-0.15, -0.1) is 0 Å². The molecule has 0 radical (unpaired) electrons. The van der Waals surface area contributed by atoms with Crippen molar-refractivity contribution < 1.29 is 0 Å². The van der Waals surface area contributed by atoms with Crippen LogP contribution in [0.4, 0.5) is 5.69 Å². The maximum atomic E-state index is 5.69. The molecule has 1 aliphatic rings. The van der Waals surface area contributed by atoms with E-state index in [1.165, 1.54) is 31.4 Å². The lowest BCUT2D eigenvalue weighted by Gasteiger charge is -2.30. The van der Waals surface area contributed by atoms with Crippen LogP contribution in [0.5, 0.6) is 0 Å². The Morgan fingerprint density at radius 3 is 2.40 bits per heavy atom. The van der Waals surface area contributed by atoms with E-state index < -0.39 is 0 Å². The van der Waals surface area contributed by atoms with Gasteiger partial charge in [-0.2, -0.15) is 0 Å². The predicted molar refractivity (Wildman–Crippen MR) is 65.1 cm³/mol. The molecule has 2 N–H and O–H groups in total. The maximum Gasteiger partial charge on any atom is 0.0369 e. The van der Waals surface area contributed by atoms with Crippen molar-refractivity contribution in [3.8, 4) is 0 Å². The molecule has 1 saturated carbocycles. The highest BCUT2D eigenvalue weighted by Gasteiger charge is 2.21. The van der Waals surface area contributed by atoms with E-state index in [-0.39, 0.29) is 0 Å². The van der Waals surface area contributed by atoms with E-state index in [1.807, 2.05) is 0 Å². The molecule has 0 spiro atoms. The predicted octanol–water partition coefficient (Wildman–Crippen LogP) is 2.39. The van der Waals surface area contributed by atoms with Gasteiger partial charge in [0.15, 0.2) is 0 Å². The molecule has 0 saturated heterocycles. The standard InChI is InChI=1S/C13H20N2/c14-10-11-15(13-8-4-5-9-13)12-6-2-1-3-7-12/h1-3,6-7,13H,4-5,8-11,14H2. The van der Waals surface area contributed by atoms with E-state index >= 15 is 0 Å². The fraction of sp³-hybridized carbons (Fsp3) is 0.538. The summed E-state index contributed by atoms with van der Waals surface area (Å²) in [6.07, 6.45) is 5.40. The Labute approximate surface area is 92.1 Å². The lowest BCUT2D eigenvalue weighted by atomic mass is 10.1. The summed E-state index contributed by atoms with van der Waals surface area (Å²) >= 11 is 0. The summed E-state index contributed by atoms with van der Waals surface area (Å²) in [5, 5.41) is 0. The zero-order valence-corrected chi connectivity index (χ0v) is 9.23. The van der Waals surface area contributed by atoms with E-state index in [2.05, 4.69) is 35.2 Å². The number of hydrogen-bond acceptors (Lipinski definition) is 2. The fourth-order valence-electron chi connectivity index (χ4n) is 2.50. The van der Waals surface area contributed by atoms with Gasteiger partial charge in [0.25, 0.3) is 0 Å². The third kappa shape index (κ3) is 2.51. The van der Waals surface area contributed by atoms with Crippen LogP contribution in [-0.2, 0) is 0 Å². The molecule has 0 aliphatic heterocycles. The first-order valence-corrected chi connectivity index (χ1v) is 5.93. The van der Waals surface area contributed by atoms with Crippen molar-refractivity contribution in [2.24, 2.45) is 5.73 Å². The lowest BCUT2D eigenvalue weighted by molar-refractivity contribution is 0.609. The largest absolute Gasteiger partial charge is 0.367 e. The Kier molecular flexibility index (Phi) is 3.62. The first-order valence-electron chi connectivity index (χ1n) is 5.93. The average molecular weight is 204 g/mol. The number of rotatable bonds is 4. The van der Waals surface area contributed by atoms with Gasteiger partial charge in [0.2, 0.25) is 0 Å². The highest BCUT2D eigenvalue weighted by atomic mass is 15.2. The van der Waals surface area contributed by atoms with Gasteiger partial charge in [0.1, 0.15) is 0 Å². The minimum atomic E-state index is 0.718. The lowest BCUT2D eigenvalue weighted by Crippen LogP contribution is -2.37. The van der Waals surface area contributed by atoms with E-state index in [0.29, 0.717) is 0 Å². The van der Waals surface area contributed by atoms with Crippen LogP contribution in [-0.4, -0.2) is 19.1 Å². The number of benzene rings is 1. The molecule has 2 nitrogen and oxygen atoms in total. The second-order valence-corrected chi connectivity index (χ2v) is 4.26. The molecular formula is C13H20N2. The van der Waals surface area contributed by atoms with Crippen LogP contribution in [0.25, 0.3) is 0 Å². The molecule has 82 valence electrons. The molecule has 0 atom stereocenters. The number of nitrogens with two attached hydrogens (primary N) is 1. The number of nitrogens with zero attached hydrogens (tertiary/aromatic N) is 1. The summed E-state index contributed by atoms with van der Waals surface area (Å²) in [5.41, 5.74) is 7.02. The van der Waals surface area contributed by atoms with Gasteiger partial charge in [0.05, 0.1) is 0 Å². The van der Waals surface area contributed by atoms with Crippen molar-refractivity contribution in [2.45, 2.75) is 31.7 Å². The molecule has 0 bridgehead atoms. The molecule has 1 aromatic carbocycles. The van der Waals surface area contributed by atoms with Crippen LogP contribution in [0.15, 0.2) is 30.3 Å². The second kappa shape index (κ2) is 5.17. The summed E-state index contributed by atoms with van der Waals surface area (Å²) in [5.74, 6) is 0. The van der Waals surface area contributed by atoms with E-state index in [9.17, 15) is 0 Å². The maximum absolute atomic E-state index is 5.69. The van der Waals surface area contributed by atoms with Gasteiger partial charge in [-0.3, -0.25) is 0 Å². The third-order valence-corrected chi connectivity index (χ3v) is 3.22. The fourth-order valence-corrected chi connectivity index (χ4v) is 2.50. The summed E-state index contributed by atoms with van der Waals surface area (Å²) < 4.78 is 0. The molecule has 0 heterocycles. The van der Waals surface area contributed by atoms with Crippen molar-refractivity contribution >= 4 is 5.69 Å². The third-order valence-electron chi connectivity index (χ3n) is 3.22. The smallest absolute Gasteiger partial charge is 0.0369 e. The van der Waals surface area contributed by atoms with Gasteiger partial charge >= 0.3 is 0 Å². The average Bonchev–Trinajstić information content (AvgIpc) is 2.80. The first kappa shape index (κ1) is 10.5. The number of para-hydroxylation sites is 1. The Balaban J connectivity index is 2.11. The van der Waals surface area contributed by atoms with Crippen molar-refractivity contribution in [3.05, 3.63) is 30.3 Å². The van der Waals surface area contributed by atoms with Crippen LogP contribution >= 0.6 is 0 Å². The minimum absolute atomic E-state index is 0.718. The summed E-state index contributed by atoms with van der Waals surface area (Å²) in [4.78, 5) is 2.48. The van der Waals surface area contributed by atoms with Gasteiger partial charge in [-0.1, -0.05) is 31.0 Å². The highest BCUT2D eigenvalue weighted by Crippen LogP contribution is 2.27. The Morgan fingerprint density at radius 2 is 1.80 bits per heavy atom. The topological polar surface area (TPSA) is 29.3 Å². The molecular weight excluding hydrogens is 184 g/mol. The first-order chi connectivity index (χ1) is 7.42. The molecule has 2 heteroatoms.